The molecule has 1 fully saturated rings. The molecular formula is C11H24N2. The molecule has 1 atom stereocenters. The average molecular weight is 184 g/mol. The van der Waals surface area contributed by atoms with Gasteiger partial charge in [0.1, 0.15) is 0 Å². The minimum absolute atomic E-state index is 0.619. The first-order chi connectivity index (χ1) is 6.19. The topological polar surface area (TPSA) is 29.3 Å². The lowest BCUT2D eigenvalue weighted by Gasteiger charge is -2.45. The van der Waals surface area contributed by atoms with Crippen molar-refractivity contribution in [3.05, 3.63) is 0 Å². The van der Waals surface area contributed by atoms with Crippen LogP contribution >= 0.6 is 0 Å². The molecule has 1 aliphatic heterocycles. The number of nitrogens with two attached hydrogens (primary N) is 1. The molecule has 0 saturated carbocycles. The van der Waals surface area contributed by atoms with Gasteiger partial charge in [-0.05, 0) is 18.3 Å². The Bertz CT molecular complexity index is 139. The fourth-order valence-corrected chi connectivity index (χ4v) is 2.31. The molecule has 0 aromatic carbocycles. The summed E-state index contributed by atoms with van der Waals surface area (Å²) in [5.74, 6) is 1.66. The summed E-state index contributed by atoms with van der Waals surface area (Å²) in [6.45, 7) is 10.2. The highest BCUT2D eigenvalue weighted by molar-refractivity contribution is 4.86. The van der Waals surface area contributed by atoms with Gasteiger partial charge in [-0.25, -0.2) is 0 Å². The first kappa shape index (κ1) is 11.0. The molecule has 0 bridgehead atoms. The maximum atomic E-state index is 5.76. The van der Waals surface area contributed by atoms with E-state index in [4.69, 9.17) is 5.73 Å². The van der Waals surface area contributed by atoms with Crippen LogP contribution in [0.2, 0.25) is 0 Å². The molecule has 13 heavy (non-hydrogen) atoms. The van der Waals surface area contributed by atoms with E-state index in [-0.39, 0.29) is 0 Å². The Morgan fingerprint density at radius 3 is 2.38 bits per heavy atom. The fourth-order valence-electron chi connectivity index (χ4n) is 2.31. The van der Waals surface area contributed by atoms with Crippen molar-refractivity contribution in [2.75, 3.05) is 19.6 Å². The Labute approximate surface area is 82.5 Å². The third kappa shape index (κ3) is 2.68. The maximum absolute atomic E-state index is 5.76. The van der Waals surface area contributed by atoms with Crippen molar-refractivity contribution in [1.29, 1.82) is 0 Å². The molecule has 1 rings (SSSR count). The molecule has 1 unspecified atom stereocenters. The molecule has 2 nitrogen and oxygen atoms in total. The number of likely N-dealkylation sites (tertiary alicyclic amines) is 1. The van der Waals surface area contributed by atoms with Gasteiger partial charge in [-0.1, -0.05) is 27.2 Å². The summed E-state index contributed by atoms with van der Waals surface area (Å²) in [4.78, 5) is 2.55. The molecule has 1 heterocycles. The van der Waals surface area contributed by atoms with Crippen molar-refractivity contribution in [2.24, 2.45) is 17.6 Å². The van der Waals surface area contributed by atoms with E-state index < -0.39 is 0 Å². The zero-order valence-electron chi connectivity index (χ0n) is 9.29. The molecule has 2 N–H and O–H groups in total. The van der Waals surface area contributed by atoms with Crippen LogP contribution in [0.25, 0.3) is 0 Å². The summed E-state index contributed by atoms with van der Waals surface area (Å²) in [5, 5.41) is 0. The van der Waals surface area contributed by atoms with Gasteiger partial charge >= 0.3 is 0 Å². The molecule has 2 heteroatoms. The number of hydrogen-bond donors (Lipinski definition) is 1. The molecule has 0 spiro atoms. The van der Waals surface area contributed by atoms with E-state index in [2.05, 4.69) is 25.7 Å². The summed E-state index contributed by atoms with van der Waals surface area (Å²) < 4.78 is 0. The summed E-state index contributed by atoms with van der Waals surface area (Å²) >= 11 is 0. The molecule has 78 valence electrons. The largest absolute Gasteiger partial charge is 0.329 e. The summed E-state index contributed by atoms with van der Waals surface area (Å²) in [6.07, 6.45) is 2.72. The molecule has 0 aliphatic carbocycles. The Morgan fingerprint density at radius 2 is 2.00 bits per heavy atom. The second-order valence-electron chi connectivity index (χ2n) is 4.66. The fraction of sp³-hybridized carbons (Fsp3) is 1.00. The molecule has 1 saturated heterocycles. The van der Waals surface area contributed by atoms with E-state index in [1.54, 1.807) is 0 Å². The molecular weight excluding hydrogens is 160 g/mol. The third-order valence-electron chi connectivity index (χ3n) is 3.16. The van der Waals surface area contributed by atoms with Crippen molar-refractivity contribution < 1.29 is 0 Å². The van der Waals surface area contributed by atoms with Gasteiger partial charge in [0.2, 0.25) is 0 Å². The molecule has 0 amide bonds. The second kappa shape index (κ2) is 4.97. The molecule has 0 aromatic rings. The summed E-state index contributed by atoms with van der Waals surface area (Å²) in [7, 11) is 0. The van der Waals surface area contributed by atoms with Gasteiger partial charge in [0.25, 0.3) is 0 Å². The zero-order valence-corrected chi connectivity index (χ0v) is 9.29. The van der Waals surface area contributed by atoms with Crippen LogP contribution < -0.4 is 5.73 Å². The minimum Gasteiger partial charge on any atom is -0.329 e. The number of nitrogens with zero attached hydrogens (tertiary/aromatic N) is 1. The van der Waals surface area contributed by atoms with Crippen molar-refractivity contribution in [1.82, 2.24) is 4.90 Å². The smallest absolute Gasteiger partial charge is 0.0241 e. The standard InChI is InChI=1S/C11H24N2/c1-4-5-10-7-13(8-10)11(6-12)9(2)3/h9-11H,4-8,12H2,1-3H3. The Balaban J connectivity index is 2.24. The van der Waals surface area contributed by atoms with Crippen LogP contribution in [0.3, 0.4) is 0 Å². The highest BCUT2D eigenvalue weighted by atomic mass is 15.2. The zero-order chi connectivity index (χ0) is 9.84. The van der Waals surface area contributed by atoms with Crippen LogP contribution in [0.4, 0.5) is 0 Å². The van der Waals surface area contributed by atoms with Crippen LogP contribution in [0.1, 0.15) is 33.6 Å². The van der Waals surface area contributed by atoms with Crippen LogP contribution in [-0.4, -0.2) is 30.6 Å². The van der Waals surface area contributed by atoms with Crippen molar-refractivity contribution in [3.8, 4) is 0 Å². The Morgan fingerprint density at radius 1 is 1.38 bits per heavy atom. The van der Waals surface area contributed by atoms with E-state index in [1.165, 1.54) is 25.9 Å². The second-order valence-corrected chi connectivity index (χ2v) is 4.66. The van der Waals surface area contributed by atoms with Crippen LogP contribution in [0.5, 0.6) is 0 Å². The van der Waals surface area contributed by atoms with E-state index in [1.807, 2.05) is 0 Å². The van der Waals surface area contributed by atoms with E-state index in [9.17, 15) is 0 Å². The van der Waals surface area contributed by atoms with E-state index in [0.717, 1.165) is 12.5 Å². The predicted molar refractivity (Wildman–Crippen MR) is 57.7 cm³/mol. The predicted octanol–water partition coefficient (Wildman–Crippen LogP) is 1.70. The number of rotatable bonds is 5. The summed E-state index contributed by atoms with van der Waals surface area (Å²) in [6, 6.07) is 0.619. The number of hydrogen-bond acceptors (Lipinski definition) is 2. The highest BCUT2D eigenvalue weighted by Crippen LogP contribution is 2.25. The van der Waals surface area contributed by atoms with Gasteiger partial charge in [-0.15, -0.1) is 0 Å². The van der Waals surface area contributed by atoms with Gasteiger partial charge < -0.3 is 5.73 Å². The molecule has 0 radical (unpaired) electrons. The maximum Gasteiger partial charge on any atom is 0.0241 e. The first-order valence-corrected chi connectivity index (χ1v) is 5.63. The van der Waals surface area contributed by atoms with Gasteiger partial charge in [0, 0.05) is 25.7 Å². The Kier molecular flexibility index (Phi) is 4.20. The van der Waals surface area contributed by atoms with Crippen LogP contribution in [0, 0.1) is 11.8 Å². The van der Waals surface area contributed by atoms with Gasteiger partial charge in [-0.3, -0.25) is 4.90 Å². The summed E-state index contributed by atoms with van der Waals surface area (Å²) in [5.41, 5.74) is 5.76. The molecule has 0 aromatic heterocycles. The minimum atomic E-state index is 0.619. The average Bonchev–Trinajstić information content (AvgIpc) is 2.00. The lowest BCUT2D eigenvalue weighted by molar-refractivity contribution is 0.0313. The SMILES string of the molecule is CCCC1CN(C(CN)C(C)C)C1. The van der Waals surface area contributed by atoms with Crippen molar-refractivity contribution in [2.45, 2.75) is 39.7 Å². The quantitative estimate of drug-likeness (QED) is 0.704. The van der Waals surface area contributed by atoms with Gasteiger partial charge in [-0.2, -0.15) is 0 Å². The first-order valence-electron chi connectivity index (χ1n) is 5.63. The Hall–Kier alpha value is -0.0800. The van der Waals surface area contributed by atoms with Gasteiger partial charge in [0.15, 0.2) is 0 Å². The van der Waals surface area contributed by atoms with Crippen molar-refractivity contribution in [3.63, 3.8) is 0 Å². The van der Waals surface area contributed by atoms with Crippen LogP contribution in [0.15, 0.2) is 0 Å². The van der Waals surface area contributed by atoms with E-state index >= 15 is 0 Å². The lowest BCUT2D eigenvalue weighted by Crippen LogP contribution is -2.56. The molecule has 1 aliphatic rings. The lowest BCUT2D eigenvalue weighted by atomic mass is 9.90. The van der Waals surface area contributed by atoms with Crippen LogP contribution in [-0.2, 0) is 0 Å². The third-order valence-corrected chi connectivity index (χ3v) is 3.16. The van der Waals surface area contributed by atoms with E-state index in [0.29, 0.717) is 12.0 Å². The van der Waals surface area contributed by atoms with Crippen molar-refractivity contribution >= 4 is 0 Å². The normalized spacial score (nSPS) is 21.9. The van der Waals surface area contributed by atoms with Gasteiger partial charge in [0.05, 0.1) is 0 Å². The monoisotopic (exact) mass is 184 g/mol. The highest BCUT2D eigenvalue weighted by Gasteiger charge is 2.31.